The van der Waals surface area contributed by atoms with Crippen LogP contribution in [0.25, 0.3) is 11.0 Å². The molecule has 62 valence electrons. The van der Waals surface area contributed by atoms with Gasteiger partial charge in [0.05, 0.1) is 0 Å². The summed E-state index contributed by atoms with van der Waals surface area (Å²) in [6.45, 7) is 0. The van der Waals surface area contributed by atoms with Crippen LogP contribution >= 0.6 is 22.6 Å². The molecule has 0 atom stereocenters. The number of halogens is 3. The standard InChI is InChI=1S/C8H4ClFIO/c9-5-1-4-2-8(11)12-7(4)3-6(5)10/h1-3,9H/q+1. The molecule has 1 nitrogen and oxygen atoms in total. The third kappa shape index (κ3) is 1.31. The number of rotatable bonds is 0. The third-order valence-corrected chi connectivity index (χ3v) is 2.39. The van der Waals surface area contributed by atoms with Gasteiger partial charge in [-0.05, 0) is 28.7 Å². The molecule has 0 saturated carbocycles. The molecule has 12 heavy (non-hydrogen) atoms. The van der Waals surface area contributed by atoms with Crippen LogP contribution in [0.4, 0.5) is 4.39 Å². The summed E-state index contributed by atoms with van der Waals surface area (Å²) in [5.41, 5.74) is 0.547. The van der Waals surface area contributed by atoms with Crippen molar-refractivity contribution in [3.8, 4) is 0 Å². The first kappa shape index (κ1) is 8.31. The van der Waals surface area contributed by atoms with Crippen molar-refractivity contribution in [2.75, 3.05) is 0 Å². The van der Waals surface area contributed by atoms with Crippen molar-refractivity contribution in [2.45, 2.75) is 0 Å². The second-order valence-corrected chi connectivity index (χ2v) is 3.87. The second-order valence-electron chi connectivity index (χ2n) is 2.37. The molecule has 0 unspecified atom stereocenters. The highest BCUT2D eigenvalue weighted by atomic mass is 127. The molecule has 2 rings (SSSR count). The summed E-state index contributed by atoms with van der Waals surface area (Å²) in [5.74, 6) is -0.400. The highest BCUT2D eigenvalue weighted by Crippen LogP contribution is 2.24. The van der Waals surface area contributed by atoms with Crippen LogP contribution in [0.2, 0.25) is 5.02 Å². The molecule has 1 aromatic heterocycles. The van der Waals surface area contributed by atoms with E-state index in [1.54, 1.807) is 6.07 Å². The minimum atomic E-state index is -0.400. The van der Waals surface area contributed by atoms with Gasteiger partial charge in [0.2, 0.25) is 0 Å². The highest BCUT2D eigenvalue weighted by molar-refractivity contribution is 14.1. The summed E-state index contributed by atoms with van der Waals surface area (Å²) in [4.78, 5) is 0. The zero-order valence-electron chi connectivity index (χ0n) is 5.80. The van der Waals surface area contributed by atoms with Gasteiger partial charge in [-0.2, -0.15) is 0 Å². The Kier molecular flexibility index (Phi) is 2.00. The van der Waals surface area contributed by atoms with Crippen molar-refractivity contribution < 1.29 is 20.4 Å². The maximum Gasteiger partial charge on any atom is 0.261 e. The predicted molar refractivity (Wildman–Crippen MR) is 49.4 cm³/mol. The van der Waals surface area contributed by atoms with Gasteiger partial charge in [-0.25, -0.2) is 4.39 Å². The van der Waals surface area contributed by atoms with E-state index >= 15 is 0 Å². The Balaban J connectivity index is 2.83. The lowest BCUT2D eigenvalue weighted by molar-refractivity contribution is -0.293. The Morgan fingerprint density at radius 2 is 2.08 bits per heavy atom. The molecule has 0 radical (unpaired) electrons. The van der Waals surface area contributed by atoms with Crippen LogP contribution in [-0.2, 0) is 0 Å². The number of hydrogen-bond donors (Lipinski definition) is 0. The summed E-state index contributed by atoms with van der Waals surface area (Å²) in [6.07, 6.45) is 0. The van der Waals surface area contributed by atoms with Crippen LogP contribution in [0.15, 0.2) is 22.6 Å². The fourth-order valence-electron chi connectivity index (χ4n) is 1.01. The average molecular weight is 297 g/mol. The number of benzene rings is 1. The van der Waals surface area contributed by atoms with E-state index in [9.17, 15) is 4.39 Å². The second kappa shape index (κ2) is 2.88. The van der Waals surface area contributed by atoms with Gasteiger partial charge in [0.25, 0.3) is 5.02 Å². The number of furan rings is 1. The van der Waals surface area contributed by atoms with Crippen LogP contribution in [0.1, 0.15) is 0 Å². The summed E-state index contributed by atoms with van der Waals surface area (Å²) in [6, 6.07) is 4.75. The maximum atomic E-state index is 12.9. The summed E-state index contributed by atoms with van der Waals surface area (Å²) >= 11 is 6.80. The van der Waals surface area contributed by atoms with Crippen LogP contribution in [0.3, 0.4) is 0 Å². The van der Waals surface area contributed by atoms with Crippen molar-refractivity contribution in [2.24, 2.45) is 0 Å². The van der Waals surface area contributed by atoms with Gasteiger partial charge in [-0.1, -0.05) is 0 Å². The Morgan fingerprint density at radius 1 is 1.33 bits per heavy atom. The molecule has 0 N–H and O–H groups in total. The molecule has 0 saturated heterocycles. The van der Waals surface area contributed by atoms with Gasteiger partial charge in [-0.15, -0.1) is 0 Å². The molecule has 0 aliphatic heterocycles. The Labute approximate surface area is 86.6 Å². The monoisotopic (exact) mass is 297 g/mol. The first-order valence-electron chi connectivity index (χ1n) is 3.22. The first-order chi connectivity index (χ1) is 5.66. The topological polar surface area (TPSA) is 13.1 Å². The Bertz CT molecular complexity index is 399. The van der Waals surface area contributed by atoms with E-state index in [4.69, 9.17) is 16.0 Å². The average Bonchev–Trinajstić information content (AvgIpc) is 2.30. The van der Waals surface area contributed by atoms with E-state index in [0.717, 1.165) is 9.15 Å². The van der Waals surface area contributed by atoms with Crippen LogP contribution in [-0.4, -0.2) is 0 Å². The van der Waals surface area contributed by atoms with Crippen molar-refractivity contribution in [3.05, 3.63) is 32.8 Å². The van der Waals surface area contributed by atoms with Crippen molar-refractivity contribution in [3.63, 3.8) is 0 Å². The SMILES string of the molecule is Fc1cc2oc(I)cc2cc1[ClH+]. The predicted octanol–water partition coefficient (Wildman–Crippen LogP) is 2.87. The molecule has 0 amide bonds. The number of fused-ring (bicyclic) bond motifs is 1. The summed E-state index contributed by atoms with van der Waals surface area (Å²) in [7, 11) is 0. The minimum absolute atomic E-state index is 0.236. The van der Waals surface area contributed by atoms with Crippen molar-refractivity contribution in [1.29, 1.82) is 0 Å². The van der Waals surface area contributed by atoms with Gasteiger partial charge in [0.15, 0.2) is 21.2 Å². The maximum absolute atomic E-state index is 12.9. The normalized spacial score (nSPS) is 10.9. The molecular weight excluding hydrogens is 293 g/mol. The van der Waals surface area contributed by atoms with E-state index in [1.165, 1.54) is 6.07 Å². The zero-order valence-corrected chi connectivity index (χ0v) is 8.78. The quantitative estimate of drug-likeness (QED) is 0.682. The molecule has 0 aliphatic carbocycles. The molecule has 0 spiro atoms. The largest absolute Gasteiger partial charge is 0.450 e. The van der Waals surface area contributed by atoms with Gasteiger partial charge >= 0.3 is 0 Å². The third-order valence-electron chi connectivity index (χ3n) is 1.54. The van der Waals surface area contributed by atoms with Gasteiger partial charge < -0.3 is 4.42 Å². The van der Waals surface area contributed by atoms with E-state index < -0.39 is 5.82 Å². The fourth-order valence-corrected chi connectivity index (χ4v) is 1.77. The minimum Gasteiger partial charge on any atom is -0.450 e. The Morgan fingerprint density at radius 3 is 2.83 bits per heavy atom. The summed E-state index contributed by atoms with van der Waals surface area (Å²) < 4.78 is 18.8. The molecule has 0 aliphatic rings. The van der Waals surface area contributed by atoms with Crippen LogP contribution in [0, 0.1) is 21.2 Å². The highest BCUT2D eigenvalue weighted by Gasteiger charge is 2.11. The number of hydrogen-bond acceptors (Lipinski definition) is 1. The van der Waals surface area contributed by atoms with Gasteiger partial charge in [-0.3, -0.25) is 0 Å². The Hall–Kier alpha value is -0.290. The first-order valence-corrected chi connectivity index (χ1v) is 4.71. The molecule has 1 aromatic carbocycles. The van der Waals surface area contributed by atoms with E-state index in [1.807, 2.05) is 28.7 Å². The summed E-state index contributed by atoms with van der Waals surface area (Å²) in [5, 5.41) is 1.09. The molecule has 2 aromatic rings. The smallest absolute Gasteiger partial charge is 0.261 e. The molecule has 0 bridgehead atoms. The molecule has 0 fully saturated rings. The molecule has 1 heterocycles. The van der Waals surface area contributed by atoms with E-state index in [-0.39, 0.29) is 5.02 Å². The molecular formula is C8H4ClFIO+. The fraction of sp³-hybridized carbons (Fsp3) is 0. The van der Waals surface area contributed by atoms with E-state index in [0.29, 0.717) is 5.58 Å². The van der Waals surface area contributed by atoms with Crippen LogP contribution < -0.4 is 0 Å². The van der Waals surface area contributed by atoms with Crippen LogP contribution in [0.5, 0.6) is 0 Å². The molecule has 4 heteroatoms. The van der Waals surface area contributed by atoms with E-state index in [2.05, 4.69) is 0 Å². The van der Waals surface area contributed by atoms with Crippen molar-refractivity contribution in [1.82, 2.24) is 0 Å². The lowest BCUT2D eigenvalue weighted by Gasteiger charge is -1.86. The van der Waals surface area contributed by atoms with Gasteiger partial charge in [0.1, 0.15) is 5.58 Å². The van der Waals surface area contributed by atoms with Gasteiger partial charge in [0, 0.05) is 17.5 Å². The lowest BCUT2D eigenvalue weighted by atomic mass is 10.2. The zero-order chi connectivity index (χ0) is 8.72. The van der Waals surface area contributed by atoms with Crippen molar-refractivity contribution >= 4 is 33.6 Å². The lowest BCUT2D eigenvalue weighted by Crippen LogP contribution is -1.77.